The largest absolute Gasteiger partial charge is 0.317 e. The molecule has 5 nitrogen and oxygen atoms in total. The molecular formula is C10H16N2O3S. The molecular weight excluding hydrogens is 228 g/mol. The fraction of sp³-hybridized carbons (Fsp3) is 0.900. The van der Waals surface area contributed by atoms with Crippen molar-refractivity contribution in [1.82, 2.24) is 4.72 Å². The van der Waals surface area contributed by atoms with Crippen LogP contribution in [0, 0.1) is 11.8 Å². The molecule has 0 aromatic carbocycles. The third-order valence-corrected chi connectivity index (χ3v) is 5.69. The molecule has 2 atom stereocenters. The Bertz CT molecular complexity index is 439. The first-order valence-corrected chi connectivity index (χ1v) is 7.33. The Morgan fingerprint density at radius 2 is 1.88 bits per heavy atom. The van der Waals surface area contributed by atoms with E-state index in [9.17, 15) is 13.2 Å². The second kappa shape index (κ2) is 2.98. The lowest BCUT2D eigenvalue weighted by Gasteiger charge is -2.12. The van der Waals surface area contributed by atoms with Gasteiger partial charge in [0.15, 0.2) is 0 Å². The lowest BCUT2D eigenvalue weighted by molar-refractivity contribution is -0.121. The summed E-state index contributed by atoms with van der Waals surface area (Å²) in [6.07, 6.45) is 4.22. The lowest BCUT2D eigenvalue weighted by Crippen LogP contribution is -2.47. The average Bonchev–Trinajstić information content (AvgIpc) is 3.03. The van der Waals surface area contributed by atoms with Gasteiger partial charge in [-0.2, -0.15) is 0 Å². The summed E-state index contributed by atoms with van der Waals surface area (Å²) < 4.78 is 25.3. The van der Waals surface area contributed by atoms with Gasteiger partial charge in [0.25, 0.3) is 5.91 Å². The molecule has 0 aliphatic heterocycles. The lowest BCUT2D eigenvalue weighted by atomic mass is 10.1. The van der Waals surface area contributed by atoms with Crippen LogP contribution in [-0.4, -0.2) is 25.1 Å². The summed E-state index contributed by atoms with van der Waals surface area (Å²) in [4.78, 5) is 11.8. The van der Waals surface area contributed by atoms with Crippen molar-refractivity contribution in [3.05, 3.63) is 0 Å². The third kappa shape index (κ3) is 1.64. The van der Waals surface area contributed by atoms with Crippen molar-refractivity contribution >= 4 is 15.9 Å². The molecule has 3 fully saturated rings. The summed E-state index contributed by atoms with van der Waals surface area (Å²) in [5.74, 6) is 0.276. The summed E-state index contributed by atoms with van der Waals surface area (Å²) in [5, 5.41) is -0.363. The van der Waals surface area contributed by atoms with E-state index in [2.05, 4.69) is 4.72 Å². The highest BCUT2D eigenvalue weighted by molar-refractivity contribution is 7.90. The molecule has 0 radical (unpaired) electrons. The van der Waals surface area contributed by atoms with Gasteiger partial charge in [-0.15, -0.1) is 0 Å². The molecule has 0 bridgehead atoms. The van der Waals surface area contributed by atoms with Crippen LogP contribution in [0.3, 0.4) is 0 Å². The van der Waals surface area contributed by atoms with E-state index in [-0.39, 0.29) is 11.2 Å². The van der Waals surface area contributed by atoms with Crippen molar-refractivity contribution in [2.45, 2.75) is 42.9 Å². The highest BCUT2D eigenvalue weighted by Gasteiger charge is 2.63. The van der Waals surface area contributed by atoms with Crippen LogP contribution >= 0.6 is 0 Å². The van der Waals surface area contributed by atoms with Gasteiger partial charge in [-0.25, -0.2) is 8.42 Å². The smallest absolute Gasteiger partial charge is 0.253 e. The van der Waals surface area contributed by atoms with Crippen LogP contribution in [0.25, 0.3) is 0 Å². The van der Waals surface area contributed by atoms with E-state index in [1.807, 2.05) is 0 Å². The van der Waals surface area contributed by atoms with E-state index in [4.69, 9.17) is 5.73 Å². The predicted molar refractivity (Wildman–Crippen MR) is 57.8 cm³/mol. The first-order valence-electron chi connectivity index (χ1n) is 5.78. The number of hydrogen-bond donors (Lipinski definition) is 2. The van der Waals surface area contributed by atoms with Gasteiger partial charge in [-0.05, 0) is 43.9 Å². The van der Waals surface area contributed by atoms with Crippen LogP contribution in [-0.2, 0) is 14.8 Å². The van der Waals surface area contributed by atoms with Gasteiger partial charge in [0, 0.05) is 0 Å². The Balaban J connectivity index is 1.65. The van der Waals surface area contributed by atoms with Crippen LogP contribution in [0.4, 0.5) is 0 Å². The highest BCUT2D eigenvalue weighted by atomic mass is 32.2. The summed E-state index contributed by atoms with van der Waals surface area (Å²) in [5.41, 5.74) is 5.03. The van der Waals surface area contributed by atoms with Crippen molar-refractivity contribution in [2.75, 3.05) is 0 Å². The molecule has 3 rings (SSSR count). The van der Waals surface area contributed by atoms with Crippen LogP contribution in [0.15, 0.2) is 0 Å². The number of hydrogen-bond acceptors (Lipinski definition) is 4. The normalized spacial score (nSPS) is 38.2. The second-order valence-electron chi connectivity index (χ2n) is 5.36. The monoisotopic (exact) mass is 244 g/mol. The van der Waals surface area contributed by atoms with Crippen molar-refractivity contribution in [3.8, 4) is 0 Å². The van der Waals surface area contributed by atoms with Gasteiger partial charge >= 0.3 is 0 Å². The molecule has 0 saturated heterocycles. The standard InChI is InChI=1S/C10H16N2O3S/c11-10(5-8(10)6-1-2-6)9(13)12-16(14,15)7-3-4-7/h6-8H,1-5,11H2,(H,12,13)/t8-,10-/m1/s1. The maximum absolute atomic E-state index is 11.8. The number of amides is 1. The zero-order chi connectivity index (χ0) is 11.6. The Labute approximate surface area is 94.8 Å². The fourth-order valence-electron chi connectivity index (χ4n) is 2.34. The predicted octanol–water partition coefficient (Wildman–Crippen LogP) is -0.278. The number of carbonyl (C=O) groups is 1. The van der Waals surface area contributed by atoms with Gasteiger partial charge < -0.3 is 5.73 Å². The maximum Gasteiger partial charge on any atom is 0.253 e. The minimum Gasteiger partial charge on any atom is -0.317 e. The van der Waals surface area contributed by atoms with E-state index >= 15 is 0 Å². The number of nitrogens with one attached hydrogen (secondary N) is 1. The Morgan fingerprint density at radius 3 is 2.38 bits per heavy atom. The fourth-order valence-corrected chi connectivity index (χ4v) is 3.71. The molecule has 3 saturated carbocycles. The number of carbonyl (C=O) groups excluding carboxylic acids is 1. The summed E-state index contributed by atoms with van der Waals surface area (Å²) >= 11 is 0. The highest BCUT2D eigenvalue weighted by Crippen LogP contribution is 2.55. The average molecular weight is 244 g/mol. The Morgan fingerprint density at radius 1 is 1.25 bits per heavy atom. The van der Waals surface area contributed by atoms with Crippen molar-refractivity contribution in [2.24, 2.45) is 17.6 Å². The van der Waals surface area contributed by atoms with E-state index in [1.165, 1.54) is 0 Å². The second-order valence-corrected chi connectivity index (χ2v) is 7.32. The summed E-state index contributed by atoms with van der Waals surface area (Å²) in [7, 11) is -3.44. The van der Waals surface area contributed by atoms with Crippen LogP contribution < -0.4 is 10.5 Å². The molecule has 6 heteroatoms. The molecule has 0 spiro atoms. The Hall–Kier alpha value is -0.620. The number of nitrogens with two attached hydrogens (primary N) is 1. The molecule has 0 heterocycles. The van der Waals surface area contributed by atoms with Gasteiger partial charge in [0.1, 0.15) is 0 Å². The summed E-state index contributed by atoms with van der Waals surface area (Å²) in [6, 6.07) is 0. The quantitative estimate of drug-likeness (QED) is 0.712. The van der Waals surface area contributed by atoms with Gasteiger partial charge in [-0.3, -0.25) is 9.52 Å². The van der Waals surface area contributed by atoms with Gasteiger partial charge in [0.2, 0.25) is 10.0 Å². The van der Waals surface area contributed by atoms with Crippen LogP contribution in [0.2, 0.25) is 0 Å². The minimum absolute atomic E-state index is 0.210. The first-order chi connectivity index (χ1) is 7.43. The molecule has 1 amide bonds. The molecule has 90 valence electrons. The van der Waals surface area contributed by atoms with Gasteiger partial charge in [0.05, 0.1) is 10.8 Å². The van der Waals surface area contributed by atoms with E-state index in [1.54, 1.807) is 0 Å². The zero-order valence-corrected chi connectivity index (χ0v) is 9.79. The van der Waals surface area contributed by atoms with E-state index < -0.39 is 21.5 Å². The molecule has 0 unspecified atom stereocenters. The van der Waals surface area contributed by atoms with E-state index in [0.29, 0.717) is 25.2 Å². The van der Waals surface area contributed by atoms with E-state index in [0.717, 1.165) is 12.8 Å². The molecule has 0 aromatic heterocycles. The zero-order valence-electron chi connectivity index (χ0n) is 8.98. The number of sulfonamides is 1. The maximum atomic E-state index is 11.8. The SMILES string of the molecule is N[C@]1(C(=O)NS(=O)(=O)C2CC2)C[C@@H]1C1CC1. The van der Waals surface area contributed by atoms with Crippen molar-refractivity contribution in [1.29, 1.82) is 0 Å². The molecule has 3 N–H and O–H groups in total. The summed E-state index contributed by atoms with van der Waals surface area (Å²) in [6.45, 7) is 0. The van der Waals surface area contributed by atoms with Gasteiger partial charge in [-0.1, -0.05) is 0 Å². The molecule has 3 aliphatic carbocycles. The molecule has 16 heavy (non-hydrogen) atoms. The van der Waals surface area contributed by atoms with Crippen LogP contribution in [0.1, 0.15) is 32.1 Å². The third-order valence-electron chi connectivity index (χ3n) is 3.87. The minimum atomic E-state index is -3.44. The van der Waals surface area contributed by atoms with Crippen LogP contribution in [0.5, 0.6) is 0 Å². The topological polar surface area (TPSA) is 89.3 Å². The number of rotatable bonds is 4. The molecule has 0 aromatic rings. The molecule has 3 aliphatic rings. The first kappa shape index (κ1) is 10.5. The Kier molecular flexibility index (Phi) is 1.96. The van der Waals surface area contributed by atoms with Crippen molar-refractivity contribution in [3.63, 3.8) is 0 Å². The van der Waals surface area contributed by atoms with Crippen molar-refractivity contribution < 1.29 is 13.2 Å².